The van der Waals surface area contributed by atoms with Crippen LogP contribution in [0.5, 0.6) is 0 Å². The van der Waals surface area contributed by atoms with E-state index in [2.05, 4.69) is 6.58 Å². The lowest BCUT2D eigenvalue weighted by Crippen LogP contribution is -2.18. The summed E-state index contributed by atoms with van der Waals surface area (Å²) in [4.78, 5) is 10.9. The van der Waals surface area contributed by atoms with Crippen LogP contribution in [-0.4, -0.2) is 11.1 Å². The quantitative estimate of drug-likeness (QED) is 0.514. The maximum absolute atomic E-state index is 10.9. The van der Waals surface area contributed by atoms with Crippen molar-refractivity contribution < 1.29 is 9.90 Å². The molecule has 0 radical (unpaired) electrons. The van der Waals surface area contributed by atoms with Crippen molar-refractivity contribution in [3.05, 3.63) is 12.7 Å². The van der Waals surface area contributed by atoms with E-state index in [4.69, 9.17) is 5.11 Å². The number of hydrogen-bond acceptors (Lipinski definition) is 1. The molecule has 86 valence electrons. The van der Waals surface area contributed by atoms with Gasteiger partial charge in [0.1, 0.15) is 0 Å². The van der Waals surface area contributed by atoms with Gasteiger partial charge < -0.3 is 5.11 Å². The Hall–Kier alpha value is -0.790. The average molecular weight is 210 g/mol. The summed E-state index contributed by atoms with van der Waals surface area (Å²) in [6, 6.07) is 0. The van der Waals surface area contributed by atoms with E-state index < -0.39 is 5.97 Å². The number of rotatable bonds is 7. The minimum Gasteiger partial charge on any atom is -0.481 e. The Bertz CT molecular complexity index is 211. The highest BCUT2D eigenvalue weighted by Gasteiger charge is 2.31. The third-order valence-electron chi connectivity index (χ3n) is 3.46. The smallest absolute Gasteiger partial charge is 0.306 e. The molecule has 15 heavy (non-hydrogen) atoms. The summed E-state index contributed by atoms with van der Waals surface area (Å²) in [5.74, 6) is -0.181. The molecule has 1 N–H and O–H groups in total. The van der Waals surface area contributed by atoms with E-state index in [1.807, 2.05) is 6.08 Å². The molecule has 0 aromatic heterocycles. The summed E-state index contributed by atoms with van der Waals surface area (Å²) in [7, 11) is 0. The lowest BCUT2D eigenvalue weighted by atomic mass is 9.91. The highest BCUT2D eigenvalue weighted by molar-refractivity contribution is 5.70. The van der Waals surface area contributed by atoms with Crippen molar-refractivity contribution >= 4 is 5.97 Å². The minimum atomic E-state index is -0.580. The second kappa shape index (κ2) is 6.65. The van der Waals surface area contributed by atoms with Crippen LogP contribution >= 0.6 is 0 Å². The van der Waals surface area contributed by atoms with Gasteiger partial charge in [0.25, 0.3) is 0 Å². The molecule has 2 nitrogen and oxygen atoms in total. The lowest BCUT2D eigenvalue weighted by molar-refractivity contribution is -0.143. The van der Waals surface area contributed by atoms with E-state index in [0.29, 0.717) is 5.92 Å². The molecule has 0 amide bonds. The van der Waals surface area contributed by atoms with Gasteiger partial charge in [-0.3, -0.25) is 4.79 Å². The molecule has 0 spiro atoms. The molecule has 1 fully saturated rings. The van der Waals surface area contributed by atoms with E-state index in [0.717, 1.165) is 32.1 Å². The standard InChI is InChI=1S/C13H22O2/c1-2-3-4-5-6-8-11-9-7-10-12(11)13(14)15/h2,11-12H,1,3-10H2,(H,14,15). The molecule has 0 aliphatic heterocycles. The summed E-state index contributed by atoms with van der Waals surface area (Å²) in [6.07, 6.45) is 10.9. The SMILES string of the molecule is C=CCCCCCC1CCCC1C(=O)O. The van der Waals surface area contributed by atoms with E-state index >= 15 is 0 Å². The van der Waals surface area contributed by atoms with Crippen LogP contribution in [0.15, 0.2) is 12.7 Å². The van der Waals surface area contributed by atoms with Gasteiger partial charge in [-0.2, -0.15) is 0 Å². The predicted molar refractivity (Wildman–Crippen MR) is 61.7 cm³/mol. The van der Waals surface area contributed by atoms with E-state index in [-0.39, 0.29) is 5.92 Å². The molecule has 0 aromatic rings. The van der Waals surface area contributed by atoms with Crippen LogP contribution in [0.3, 0.4) is 0 Å². The van der Waals surface area contributed by atoms with Crippen molar-refractivity contribution in [2.45, 2.75) is 51.4 Å². The highest BCUT2D eigenvalue weighted by Crippen LogP contribution is 2.35. The second-order valence-electron chi connectivity index (χ2n) is 4.56. The van der Waals surface area contributed by atoms with Crippen LogP contribution in [0.1, 0.15) is 51.4 Å². The third kappa shape index (κ3) is 4.06. The van der Waals surface area contributed by atoms with E-state index in [1.54, 1.807) is 0 Å². The van der Waals surface area contributed by atoms with Crippen molar-refractivity contribution in [2.24, 2.45) is 11.8 Å². The number of carboxylic acid groups (broad SMARTS) is 1. The Balaban J connectivity index is 2.14. The zero-order valence-electron chi connectivity index (χ0n) is 9.45. The predicted octanol–water partition coefficient (Wildman–Crippen LogP) is 3.62. The molecule has 1 aliphatic carbocycles. The normalized spacial score (nSPS) is 25.3. The van der Waals surface area contributed by atoms with Crippen molar-refractivity contribution in [3.63, 3.8) is 0 Å². The van der Waals surface area contributed by atoms with Crippen molar-refractivity contribution in [1.29, 1.82) is 0 Å². The first-order chi connectivity index (χ1) is 7.25. The molecule has 1 rings (SSSR count). The molecule has 0 bridgehead atoms. The van der Waals surface area contributed by atoms with Crippen LogP contribution in [0.2, 0.25) is 0 Å². The zero-order chi connectivity index (χ0) is 11.1. The fraction of sp³-hybridized carbons (Fsp3) is 0.769. The maximum Gasteiger partial charge on any atom is 0.306 e. The largest absolute Gasteiger partial charge is 0.481 e. The van der Waals surface area contributed by atoms with Crippen molar-refractivity contribution in [3.8, 4) is 0 Å². The van der Waals surface area contributed by atoms with Crippen LogP contribution in [0, 0.1) is 11.8 Å². The molecule has 0 aromatic carbocycles. The first-order valence-corrected chi connectivity index (χ1v) is 6.09. The Morgan fingerprint density at radius 2 is 2.13 bits per heavy atom. The van der Waals surface area contributed by atoms with Gasteiger partial charge in [-0.05, 0) is 38.0 Å². The molecule has 0 saturated heterocycles. The van der Waals surface area contributed by atoms with Crippen LogP contribution in [-0.2, 0) is 4.79 Å². The Labute approximate surface area is 92.4 Å². The lowest BCUT2D eigenvalue weighted by Gasteiger charge is -2.14. The molecule has 0 heterocycles. The third-order valence-corrected chi connectivity index (χ3v) is 3.46. The van der Waals surface area contributed by atoms with Gasteiger partial charge in [-0.25, -0.2) is 0 Å². The van der Waals surface area contributed by atoms with Crippen molar-refractivity contribution in [1.82, 2.24) is 0 Å². The minimum absolute atomic E-state index is 0.0515. The molecular weight excluding hydrogens is 188 g/mol. The first-order valence-electron chi connectivity index (χ1n) is 6.09. The highest BCUT2D eigenvalue weighted by atomic mass is 16.4. The van der Waals surface area contributed by atoms with Gasteiger partial charge in [-0.15, -0.1) is 6.58 Å². The fourth-order valence-electron chi connectivity index (χ4n) is 2.58. The molecular formula is C13H22O2. The number of hydrogen-bond donors (Lipinski definition) is 1. The van der Waals surface area contributed by atoms with Crippen LogP contribution < -0.4 is 0 Å². The summed E-state index contributed by atoms with van der Waals surface area (Å²) in [5.41, 5.74) is 0. The molecule has 2 heteroatoms. The fourth-order valence-corrected chi connectivity index (χ4v) is 2.58. The van der Waals surface area contributed by atoms with E-state index in [9.17, 15) is 4.79 Å². The summed E-state index contributed by atoms with van der Waals surface area (Å²) in [5, 5.41) is 9.01. The van der Waals surface area contributed by atoms with Crippen LogP contribution in [0.25, 0.3) is 0 Å². The van der Waals surface area contributed by atoms with Gasteiger partial charge in [0.2, 0.25) is 0 Å². The van der Waals surface area contributed by atoms with Gasteiger partial charge >= 0.3 is 5.97 Å². The molecule has 1 aliphatic rings. The zero-order valence-corrected chi connectivity index (χ0v) is 9.45. The monoisotopic (exact) mass is 210 g/mol. The average Bonchev–Trinajstić information content (AvgIpc) is 2.66. The number of aliphatic carboxylic acids is 1. The first kappa shape index (κ1) is 12.3. The Morgan fingerprint density at radius 1 is 1.33 bits per heavy atom. The van der Waals surface area contributed by atoms with Crippen LogP contribution in [0.4, 0.5) is 0 Å². The van der Waals surface area contributed by atoms with Gasteiger partial charge in [0.05, 0.1) is 5.92 Å². The number of carboxylic acids is 1. The summed E-state index contributed by atoms with van der Waals surface area (Å²) in [6.45, 7) is 3.69. The summed E-state index contributed by atoms with van der Waals surface area (Å²) >= 11 is 0. The Morgan fingerprint density at radius 3 is 2.80 bits per heavy atom. The molecule has 2 atom stereocenters. The topological polar surface area (TPSA) is 37.3 Å². The van der Waals surface area contributed by atoms with Gasteiger partial charge in [0.15, 0.2) is 0 Å². The number of unbranched alkanes of at least 4 members (excludes halogenated alkanes) is 3. The Kier molecular flexibility index (Phi) is 5.44. The number of allylic oxidation sites excluding steroid dienone is 1. The van der Waals surface area contributed by atoms with Crippen molar-refractivity contribution in [2.75, 3.05) is 0 Å². The maximum atomic E-state index is 10.9. The molecule has 1 saturated carbocycles. The van der Waals surface area contributed by atoms with Gasteiger partial charge in [-0.1, -0.05) is 25.3 Å². The second-order valence-corrected chi connectivity index (χ2v) is 4.56. The van der Waals surface area contributed by atoms with Gasteiger partial charge in [0, 0.05) is 0 Å². The number of carbonyl (C=O) groups is 1. The molecule has 2 unspecified atom stereocenters. The summed E-state index contributed by atoms with van der Waals surface area (Å²) < 4.78 is 0. The van der Waals surface area contributed by atoms with E-state index in [1.165, 1.54) is 19.3 Å².